The third-order valence-corrected chi connectivity index (χ3v) is 9.23. The number of hydrogen-bond donors (Lipinski definition) is 6. The Morgan fingerprint density at radius 1 is 0.882 bits per heavy atom. The van der Waals surface area contributed by atoms with Crippen molar-refractivity contribution in [2.24, 2.45) is 0 Å². The molecule has 2 aliphatic rings. The van der Waals surface area contributed by atoms with Crippen LogP contribution in [0.3, 0.4) is 0 Å². The number of benzene rings is 3. The average Bonchev–Trinajstić information content (AvgIpc) is 3.05. The number of fused-ring (bicyclic) bond motifs is 2. The first-order valence-corrected chi connectivity index (χ1v) is 18.2. The number of ketones is 1. The Balaban J connectivity index is 1.63. The third kappa shape index (κ3) is 9.25. The zero-order valence-electron chi connectivity index (χ0n) is 27.1. The molecule has 0 bridgehead atoms. The van der Waals surface area contributed by atoms with Gasteiger partial charge in [0, 0.05) is 41.6 Å². The third-order valence-electron chi connectivity index (χ3n) is 7.37. The fraction of sp³-hybridized carbons (Fsp3) is 0.312. The molecule has 0 spiro atoms. The smallest absolute Gasteiger partial charge is 0.407 e. The molecule has 19 heteroatoms. The van der Waals surface area contributed by atoms with E-state index in [1.165, 1.54) is 24.3 Å². The molecule has 0 saturated heterocycles. The molecule has 0 unspecified atom stereocenters. The monoisotopic (exact) mass is 749 g/mol. The van der Waals surface area contributed by atoms with Crippen molar-refractivity contribution in [1.82, 2.24) is 5.32 Å². The number of rotatable bonds is 17. The number of amides is 1. The highest BCUT2D eigenvalue weighted by Gasteiger charge is 2.32. The number of alkyl carbamates (subject to hydrolysis) is 1. The molecule has 1 amide bonds. The number of anilines is 1. The Labute approximate surface area is 291 Å². The van der Waals surface area contributed by atoms with Gasteiger partial charge in [-0.1, -0.05) is 13.0 Å². The van der Waals surface area contributed by atoms with Gasteiger partial charge in [-0.05, 0) is 54.8 Å². The summed E-state index contributed by atoms with van der Waals surface area (Å²) in [5, 5.41) is 19.9. The number of nitrogen functional groups attached to an aromatic ring is 1. The van der Waals surface area contributed by atoms with Crippen LogP contribution < -0.4 is 16.4 Å². The molecular formula is C32H35N3O14S2. The fourth-order valence-corrected chi connectivity index (χ4v) is 6.66. The van der Waals surface area contributed by atoms with E-state index >= 15 is 0 Å². The lowest BCUT2D eigenvalue weighted by atomic mass is 9.88. The Bertz CT molecular complexity index is 2220. The summed E-state index contributed by atoms with van der Waals surface area (Å²) >= 11 is 0. The summed E-state index contributed by atoms with van der Waals surface area (Å²) in [7, 11) is -10.3. The first-order chi connectivity index (χ1) is 24.1. The quantitative estimate of drug-likeness (QED) is 0.0296. The Kier molecular flexibility index (Phi) is 12.5. The number of carbonyl (C=O) groups excluding carboxylic acids is 2. The Morgan fingerprint density at radius 2 is 1.57 bits per heavy atom. The summed E-state index contributed by atoms with van der Waals surface area (Å²) < 4.78 is 91.1. The van der Waals surface area contributed by atoms with E-state index in [0.717, 1.165) is 18.2 Å². The van der Waals surface area contributed by atoms with Crippen molar-refractivity contribution in [3.63, 3.8) is 0 Å². The first kappa shape index (κ1) is 38.9. The SMILES string of the molecule is CCCOC(=O)NCCOCCOCCCC(=O)c1ccc(C(=O)O)c(-c2c3ccc(=N)c(S(=O)(=O)O)c-3oc3c(S(=O)(=O)O)c(N)ccc23)c1. The van der Waals surface area contributed by atoms with Crippen molar-refractivity contribution in [1.29, 1.82) is 5.41 Å². The van der Waals surface area contributed by atoms with E-state index in [4.69, 9.17) is 29.8 Å². The zero-order valence-corrected chi connectivity index (χ0v) is 28.8. The predicted molar refractivity (Wildman–Crippen MR) is 180 cm³/mol. The van der Waals surface area contributed by atoms with Gasteiger partial charge in [0.15, 0.2) is 26.9 Å². The number of aromatic carboxylic acids is 1. The predicted octanol–water partition coefficient (Wildman–Crippen LogP) is 3.59. The highest BCUT2D eigenvalue weighted by atomic mass is 32.2. The summed E-state index contributed by atoms with van der Waals surface area (Å²) in [5.41, 5.74) is 3.81. The molecule has 0 atom stereocenters. The number of carbonyl (C=O) groups is 3. The number of carboxylic acid groups (broad SMARTS) is 1. The standard InChI is InChI=1S/C32H35N3O14S2/c1-2-12-48-32(39)35-11-14-47-16-15-46-13-3-4-25(36)18-5-6-19(31(37)38)22(17-18)26-20-7-9-23(33)29(50(40,41)42)27(20)49-28-21(26)8-10-24(34)30(28)51(43,44)45/h5-10,17,33H,2-4,11-16,34H2,1H3,(H,35,39)(H,37,38)(H,40,41,42)(H,43,44,45). The van der Waals surface area contributed by atoms with Gasteiger partial charge < -0.3 is 34.8 Å². The highest BCUT2D eigenvalue weighted by Crippen LogP contribution is 2.45. The van der Waals surface area contributed by atoms with Gasteiger partial charge >= 0.3 is 12.1 Å². The molecule has 17 nitrogen and oxygen atoms in total. The zero-order chi connectivity index (χ0) is 37.5. The number of hydrogen-bond acceptors (Lipinski definition) is 13. The topological polar surface area (TPSA) is 283 Å². The van der Waals surface area contributed by atoms with Crippen LogP contribution >= 0.6 is 0 Å². The number of ether oxygens (including phenoxy) is 3. The molecular weight excluding hydrogens is 714 g/mol. The molecule has 2 aromatic rings. The van der Waals surface area contributed by atoms with Crippen LogP contribution in [-0.4, -0.2) is 88.5 Å². The molecule has 7 N–H and O–H groups in total. The maximum absolute atomic E-state index is 13.3. The fourth-order valence-electron chi connectivity index (χ4n) is 5.18. The maximum atomic E-state index is 13.3. The Morgan fingerprint density at radius 3 is 2.22 bits per heavy atom. The molecule has 0 radical (unpaired) electrons. The minimum absolute atomic E-state index is 0.0271. The van der Waals surface area contributed by atoms with Gasteiger partial charge in [0.25, 0.3) is 20.2 Å². The van der Waals surface area contributed by atoms with Gasteiger partial charge in [-0.25, -0.2) is 9.59 Å². The number of nitrogens with two attached hydrogens (primary N) is 1. The maximum Gasteiger partial charge on any atom is 0.407 e. The van der Waals surface area contributed by atoms with Gasteiger partial charge in [-0.2, -0.15) is 16.8 Å². The number of Topliss-reactive ketones (excluding diaryl/α,β-unsaturated/α-hetero) is 1. The van der Waals surface area contributed by atoms with Crippen LogP contribution in [0.1, 0.15) is 46.9 Å². The molecule has 1 aliphatic carbocycles. The largest absolute Gasteiger partial charge is 0.478 e. The van der Waals surface area contributed by atoms with Crippen LogP contribution in [0, 0.1) is 5.41 Å². The van der Waals surface area contributed by atoms with Gasteiger partial charge in [-0.3, -0.25) is 19.3 Å². The van der Waals surface area contributed by atoms with Crippen molar-refractivity contribution >= 4 is 54.7 Å². The molecule has 274 valence electrons. The second-order valence-corrected chi connectivity index (χ2v) is 13.7. The van der Waals surface area contributed by atoms with Crippen LogP contribution in [0.2, 0.25) is 0 Å². The lowest BCUT2D eigenvalue weighted by Crippen LogP contribution is -2.28. The molecule has 0 fully saturated rings. The van der Waals surface area contributed by atoms with E-state index in [2.05, 4.69) is 5.32 Å². The first-order valence-electron chi connectivity index (χ1n) is 15.3. The average molecular weight is 750 g/mol. The highest BCUT2D eigenvalue weighted by molar-refractivity contribution is 7.86. The molecule has 0 aromatic heterocycles. The van der Waals surface area contributed by atoms with E-state index in [0.29, 0.717) is 13.0 Å². The number of nitrogens with one attached hydrogen (secondary N) is 2. The summed E-state index contributed by atoms with van der Waals surface area (Å²) in [6.07, 6.45) is 0.426. The molecule has 1 aliphatic heterocycles. The van der Waals surface area contributed by atoms with Crippen LogP contribution in [0.4, 0.5) is 10.5 Å². The number of carboxylic acids is 1. The van der Waals surface area contributed by atoms with Crippen molar-refractivity contribution in [2.75, 3.05) is 45.3 Å². The van der Waals surface area contributed by atoms with Crippen molar-refractivity contribution in [3.8, 4) is 22.5 Å². The Hall–Kier alpha value is -4.92. The van der Waals surface area contributed by atoms with Gasteiger partial charge in [0.05, 0.1) is 43.0 Å². The van der Waals surface area contributed by atoms with Gasteiger partial charge in [0.1, 0.15) is 0 Å². The summed E-state index contributed by atoms with van der Waals surface area (Å²) in [4.78, 5) is 35.1. The molecule has 2 aromatic carbocycles. The lowest BCUT2D eigenvalue weighted by Gasteiger charge is -2.20. The van der Waals surface area contributed by atoms with Crippen LogP contribution in [0.15, 0.2) is 56.7 Å². The van der Waals surface area contributed by atoms with Crippen LogP contribution in [-0.2, 0) is 34.4 Å². The minimum atomic E-state index is -5.20. The van der Waals surface area contributed by atoms with Crippen LogP contribution in [0.25, 0.3) is 33.4 Å². The van der Waals surface area contributed by atoms with Gasteiger partial charge in [0.2, 0.25) is 0 Å². The molecule has 4 rings (SSSR count). The van der Waals surface area contributed by atoms with Crippen molar-refractivity contribution in [3.05, 3.63) is 58.9 Å². The molecule has 51 heavy (non-hydrogen) atoms. The summed E-state index contributed by atoms with van der Waals surface area (Å²) in [6.45, 7) is 3.32. The van der Waals surface area contributed by atoms with E-state index in [1.807, 2.05) is 6.92 Å². The second-order valence-electron chi connectivity index (χ2n) is 11.0. The van der Waals surface area contributed by atoms with E-state index < -0.39 is 70.3 Å². The molecule has 1 heterocycles. The normalized spacial score (nSPS) is 11.9. The van der Waals surface area contributed by atoms with E-state index in [-0.39, 0.29) is 79.0 Å². The minimum Gasteiger partial charge on any atom is -0.478 e. The van der Waals surface area contributed by atoms with E-state index in [9.17, 15) is 45.4 Å². The summed E-state index contributed by atoms with van der Waals surface area (Å²) in [5.74, 6) is -2.62. The van der Waals surface area contributed by atoms with Gasteiger partial charge in [-0.15, -0.1) is 0 Å². The van der Waals surface area contributed by atoms with Crippen molar-refractivity contribution in [2.45, 2.75) is 36.0 Å². The summed E-state index contributed by atoms with van der Waals surface area (Å²) in [6, 6.07) is 8.20. The van der Waals surface area contributed by atoms with Crippen LogP contribution in [0.5, 0.6) is 0 Å². The van der Waals surface area contributed by atoms with E-state index in [1.54, 1.807) is 0 Å². The lowest BCUT2D eigenvalue weighted by molar-refractivity contribution is 0.0466. The van der Waals surface area contributed by atoms with Crippen molar-refractivity contribution < 1.29 is 64.1 Å². The molecule has 0 saturated carbocycles. The second kappa shape index (κ2) is 16.4.